The first-order valence-electron chi connectivity index (χ1n) is 10.4. The number of carbonyl (C=O) groups excluding carboxylic acids is 4. The number of rotatable bonds is 5. The highest BCUT2D eigenvalue weighted by atomic mass is 16.5. The lowest BCUT2D eigenvalue weighted by atomic mass is 9.90. The first-order chi connectivity index (χ1) is 15.7. The van der Waals surface area contributed by atoms with Crippen molar-refractivity contribution in [1.29, 1.82) is 0 Å². The number of primary amides is 1. The lowest BCUT2D eigenvalue weighted by Gasteiger charge is -2.38. The number of nitrogens with two attached hydrogens (primary N) is 1. The molecular formula is C22H26N6O5. The zero-order valence-corrected chi connectivity index (χ0v) is 18.6. The first kappa shape index (κ1) is 23.6. The lowest BCUT2D eigenvalue weighted by Crippen LogP contribution is -2.46. The molecule has 3 heterocycles. The zero-order valence-electron chi connectivity index (χ0n) is 18.6. The maximum atomic E-state index is 13.1. The molecule has 1 saturated heterocycles. The monoisotopic (exact) mass is 454 g/mol. The van der Waals surface area contributed by atoms with E-state index in [1.165, 1.54) is 31.2 Å². The smallest absolute Gasteiger partial charge is 0.313 e. The molecule has 3 rings (SSSR count). The van der Waals surface area contributed by atoms with Gasteiger partial charge in [0, 0.05) is 19.7 Å². The van der Waals surface area contributed by atoms with Crippen LogP contribution in [0.3, 0.4) is 0 Å². The number of carbonyl (C=O) groups is 4. The average molecular weight is 454 g/mol. The summed E-state index contributed by atoms with van der Waals surface area (Å²) in [5, 5.41) is 5.08. The van der Waals surface area contributed by atoms with Crippen molar-refractivity contribution in [3.63, 3.8) is 0 Å². The van der Waals surface area contributed by atoms with E-state index in [1.807, 2.05) is 6.92 Å². The van der Waals surface area contributed by atoms with Crippen LogP contribution in [0.1, 0.15) is 48.7 Å². The number of nitrogens with zero attached hydrogens (tertiary/aromatic N) is 3. The molecule has 0 aliphatic carbocycles. The molecule has 0 bridgehead atoms. The molecule has 33 heavy (non-hydrogen) atoms. The van der Waals surface area contributed by atoms with Gasteiger partial charge in [-0.05, 0) is 36.5 Å². The number of anilines is 2. The van der Waals surface area contributed by atoms with Gasteiger partial charge in [-0.2, -0.15) is 0 Å². The molecule has 1 aliphatic rings. The van der Waals surface area contributed by atoms with Gasteiger partial charge in [0.2, 0.25) is 11.8 Å². The second kappa shape index (κ2) is 10.1. The van der Waals surface area contributed by atoms with Gasteiger partial charge < -0.3 is 26.0 Å². The van der Waals surface area contributed by atoms with E-state index in [0.717, 1.165) is 12.0 Å². The van der Waals surface area contributed by atoms with Gasteiger partial charge in [-0.25, -0.2) is 9.97 Å². The number of hydrogen-bond donors (Lipinski definition) is 3. The molecule has 0 aromatic carbocycles. The number of amides is 4. The van der Waals surface area contributed by atoms with Crippen LogP contribution in [0.5, 0.6) is 5.88 Å². The minimum absolute atomic E-state index is 0.0162. The van der Waals surface area contributed by atoms with Crippen molar-refractivity contribution in [3.8, 4) is 5.88 Å². The minimum atomic E-state index is -0.862. The second-order valence-corrected chi connectivity index (χ2v) is 7.91. The van der Waals surface area contributed by atoms with Crippen LogP contribution in [-0.4, -0.2) is 52.2 Å². The topological polar surface area (TPSA) is 157 Å². The molecule has 174 valence electrons. The summed E-state index contributed by atoms with van der Waals surface area (Å²) in [4.78, 5) is 58.4. The summed E-state index contributed by atoms with van der Waals surface area (Å²) in [6, 6.07) is 4.41. The number of nitrogens with one attached hydrogen (secondary N) is 2. The van der Waals surface area contributed by atoms with Crippen LogP contribution in [-0.2, 0) is 14.4 Å². The standard InChI is InChI=1S/C22H26N6O5/c1-12-4-6-17(14-5-7-18(24-9-14)26-13(2)29)28(11-12)22(32)20(31)27-15-8-16(19(23)30)21(33-3)25-10-15/h5,7-10,12,17H,4,6,11H2,1-3H3,(H2,23,30)(H,27,31)(H,24,26,29)/t12-,17+/m0/s1. The van der Waals surface area contributed by atoms with Gasteiger partial charge in [-0.15, -0.1) is 0 Å². The van der Waals surface area contributed by atoms with Crippen LogP contribution in [0.15, 0.2) is 30.6 Å². The molecule has 4 N–H and O–H groups in total. The van der Waals surface area contributed by atoms with E-state index in [4.69, 9.17) is 10.5 Å². The highest BCUT2D eigenvalue weighted by Crippen LogP contribution is 2.33. The minimum Gasteiger partial charge on any atom is -0.480 e. The van der Waals surface area contributed by atoms with Crippen LogP contribution in [0.2, 0.25) is 0 Å². The van der Waals surface area contributed by atoms with Crippen molar-refractivity contribution in [2.24, 2.45) is 11.7 Å². The van der Waals surface area contributed by atoms with E-state index >= 15 is 0 Å². The zero-order chi connectivity index (χ0) is 24.1. The van der Waals surface area contributed by atoms with Gasteiger partial charge in [0.05, 0.1) is 25.0 Å². The Balaban J connectivity index is 1.79. The molecule has 11 heteroatoms. The van der Waals surface area contributed by atoms with Crippen molar-refractivity contribution >= 4 is 35.1 Å². The second-order valence-electron chi connectivity index (χ2n) is 7.91. The maximum Gasteiger partial charge on any atom is 0.313 e. The molecule has 0 saturated carbocycles. The predicted molar refractivity (Wildman–Crippen MR) is 119 cm³/mol. The fourth-order valence-electron chi connectivity index (χ4n) is 3.76. The van der Waals surface area contributed by atoms with Crippen LogP contribution in [0, 0.1) is 5.92 Å². The third kappa shape index (κ3) is 5.62. The molecule has 1 fully saturated rings. The van der Waals surface area contributed by atoms with Crippen LogP contribution < -0.4 is 21.1 Å². The molecule has 0 spiro atoms. The lowest BCUT2D eigenvalue weighted by molar-refractivity contribution is -0.146. The summed E-state index contributed by atoms with van der Waals surface area (Å²) in [6.45, 7) is 3.80. The molecule has 2 aromatic heterocycles. The maximum absolute atomic E-state index is 13.1. The van der Waals surface area contributed by atoms with Gasteiger partial charge in [0.25, 0.3) is 5.91 Å². The normalized spacial score (nSPS) is 17.7. The third-order valence-corrected chi connectivity index (χ3v) is 5.32. The molecule has 2 aromatic rings. The number of pyridine rings is 2. The molecule has 11 nitrogen and oxygen atoms in total. The first-order valence-corrected chi connectivity index (χ1v) is 10.4. The van der Waals surface area contributed by atoms with Crippen LogP contribution in [0.25, 0.3) is 0 Å². The average Bonchev–Trinajstić information content (AvgIpc) is 2.78. The van der Waals surface area contributed by atoms with Gasteiger partial charge in [0.15, 0.2) is 0 Å². The molecular weight excluding hydrogens is 428 g/mol. The number of methoxy groups -OCH3 is 1. The Morgan fingerprint density at radius 2 is 1.88 bits per heavy atom. The molecule has 0 radical (unpaired) electrons. The molecule has 1 aliphatic heterocycles. The van der Waals surface area contributed by atoms with E-state index in [2.05, 4.69) is 20.6 Å². The van der Waals surface area contributed by atoms with Gasteiger partial charge >= 0.3 is 11.8 Å². The molecule has 0 unspecified atom stereocenters. The summed E-state index contributed by atoms with van der Waals surface area (Å²) in [7, 11) is 1.34. The fourth-order valence-corrected chi connectivity index (χ4v) is 3.76. The number of aromatic nitrogens is 2. The van der Waals surface area contributed by atoms with Crippen LogP contribution in [0.4, 0.5) is 11.5 Å². The largest absolute Gasteiger partial charge is 0.480 e. The van der Waals surface area contributed by atoms with Crippen molar-refractivity contribution in [2.45, 2.75) is 32.7 Å². The van der Waals surface area contributed by atoms with Crippen molar-refractivity contribution in [2.75, 3.05) is 24.3 Å². The van der Waals surface area contributed by atoms with Crippen molar-refractivity contribution in [3.05, 3.63) is 41.7 Å². The summed E-state index contributed by atoms with van der Waals surface area (Å²) in [6.07, 6.45) is 4.42. The van der Waals surface area contributed by atoms with Gasteiger partial charge in [-0.1, -0.05) is 13.0 Å². The van der Waals surface area contributed by atoms with E-state index < -0.39 is 17.7 Å². The number of piperidine rings is 1. The van der Waals surface area contributed by atoms with E-state index in [9.17, 15) is 19.2 Å². The number of likely N-dealkylation sites (tertiary alicyclic amines) is 1. The number of hydrogen-bond acceptors (Lipinski definition) is 7. The highest BCUT2D eigenvalue weighted by molar-refractivity contribution is 6.39. The van der Waals surface area contributed by atoms with E-state index in [1.54, 1.807) is 18.3 Å². The van der Waals surface area contributed by atoms with Crippen molar-refractivity contribution < 1.29 is 23.9 Å². The summed E-state index contributed by atoms with van der Waals surface area (Å²) >= 11 is 0. The SMILES string of the molecule is COc1ncc(NC(=O)C(=O)N2C[C@@H](C)CC[C@@H]2c2ccc(NC(C)=O)nc2)cc1C(N)=O. The predicted octanol–water partition coefficient (Wildman–Crippen LogP) is 1.48. The summed E-state index contributed by atoms with van der Waals surface area (Å²) in [5.74, 6) is -1.94. The molecule has 2 atom stereocenters. The Morgan fingerprint density at radius 3 is 2.48 bits per heavy atom. The Kier molecular flexibility index (Phi) is 7.21. The molecule has 4 amide bonds. The Morgan fingerprint density at radius 1 is 1.12 bits per heavy atom. The quantitative estimate of drug-likeness (QED) is 0.578. The van der Waals surface area contributed by atoms with E-state index in [0.29, 0.717) is 18.8 Å². The summed E-state index contributed by atoms with van der Waals surface area (Å²) < 4.78 is 4.98. The summed E-state index contributed by atoms with van der Waals surface area (Å²) in [5.41, 5.74) is 6.22. The third-order valence-electron chi connectivity index (χ3n) is 5.32. The Bertz CT molecular complexity index is 1070. The number of ether oxygens (including phenoxy) is 1. The van der Waals surface area contributed by atoms with E-state index in [-0.39, 0.29) is 35.0 Å². The van der Waals surface area contributed by atoms with Gasteiger partial charge in [-0.3, -0.25) is 19.2 Å². The Hall–Kier alpha value is -4.02. The fraction of sp³-hybridized carbons (Fsp3) is 0.364. The Labute approximate surface area is 190 Å². The van der Waals surface area contributed by atoms with Crippen LogP contribution >= 0.6 is 0 Å². The van der Waals surface area contributed by atoms with Gasteiger partial charge in [0.1, 0.15) is 11.4 Å². The van der Waals surface area contributed by atoms with Crippen molar-refractivity contribution in [1.82, 2.24) is 14.9 Å². The highest BCUT2D eigenvalue weighted by Gasteiger charge is 2.34.